The van der Waals surface area contributed by atoms with Crippen LogP contribution in [0.2, 0.25) is 5.02 Å². The highest BCUT2D eigenvalue weighted by Crippen LogP contribution is 2.30. The van der Waals surface area contributed by atoms with E-state index in [0.29, 0.717) is 11.6 Å². The average molecular weight is 227 g/mol. The zero-order chi connectivity index (χ0) is 11.1. The third-order valence-electron chi connectivity index (χ3n) is 3.10. The van der Waals surface area contributed by atoms with Crippen molar-refractivity contribution in [1.82, 2.24) is 4.98 Å². The number of hydrogen-bond acceptors (Lipinski definition) is 3. The minimum absolute atomic E-state index is 0.259. The number of nitrogens with zero attached hydrogens (tertiary/aromatic N) is 2. The molecule has 1 N–H and O–H groups in total. The first-order chi connectivity index (χ1) is 6.99. The highest BCUT2D eigenvalue weighted by Gasteiger charge is 2.38. The van der Waals surface area contributed by atoms with Gasteiger partial charge in [0.25, 0.3) is 0 Å². The van der Waals surface area contributed by atoms with E-state index in [1.165, 1.54) is 0 Å². The predicted molar refractivity (Wildman–Crippen MR) is 61.2 cm³/mol. The largest absolute Gasteiger partial charge is 0.388 e. The van der Waals surface area contributed by atoms with Crippen LogP contribution in [0.5, 0.6) is 0 Å². The highest BCUT2D eigenvalue weighted by molar-refractivity contribution is 6.30. The lowest BCUT2D eigenvalue weighted by Gasteiger charge is -2.21. The van der Waals surface area contributed by atoms with Crippen molar-refractivity contribution < 1.29 is 5.11 Å². The molecule has 0 spiro atoms. The number of aliphatic hydroxyl groups is 1. The van der Waals surface area contributed by atoms with Gasteiger partial charge in [0.2, 0.25) is 0 Å². The van der Waals surface area contributed by atoms with Gasteiger partial charge >= 0.3 is 0 Å². The van der Waals surface area contributed by atoms with Crippen molar-refractivity contribution in [2.24, 2.45) is 5.92 Å². The van der Waals surface area contributed by atoms with Gasteiger partial charge in [0.05, 0.1) is 10.6 Å². The van der Waals surface area contributed by atoms with Gasteiger partial charge in [-0.25, -0.2) is 4.98 Å². The van der Waals surface area contributed by atoms with E-state index < -0.39 is 5.60 Å². The van der Waals surface area contributed by atoms with E-state index in [2.05, 4.69) is 16.8 Å². The van der Waals surface area contributed by atoms with Crippen LogP contribution in [0.3, 0.4) is 0 Å². The van der Waals surface area contributed by atoms with Gasteiger partial charge in [0.1, 0.15) is 5.82 Å². The summed E-state index contributed by atoms with van der Waals surface area (Å²) in [5, 5.41) is 10.7. The van der Waals surface area contributed by atoms with Gasteiger partial charge in [-0.1, -0.05) is 18.5 Å². The van der Waals surface area contributed by atoms with Gasteiger partial charge in [0.15, 0.2) is 0 Å². The molecule has 1 aliphatic heterocycles. The summed E-state index contributed by atoms with van der Waals surface area (Å²) in [4.78, 5) is 6.33. The Kier molecular flexibility index (Phi) is 2.61. The van der Waals surface area contributed by atoms with Gasteiger partial charge in [-0.2, -0.15) is 0 Å². The maximum Gasteiger partial charge on any atom is 0.128 e. The van der Waals surface area contributed by atoms with E-state index in [1.54, 1.807) is 6.20 Å². The summed E-state index contributed by atoms with van der Waals surface area (Å²) in [5.74, 6) is 1.14. The quantitative estimate of drug-likeness (QED) is 0.795. The molecule has 1 aliphatic rings. The van der Waals surface area contributed by atoms with Gasteiger partial charge in [-0.15, -0.1) is 0 Å². The van der Waals surface area contributed by atoms with Crippen LogP contribution in [-0.4, -0.2) is 28.8 Å². The van der Waals surface area contributed by atoms with Gasteiger partial charge in [-0.05, 0) is 19.1 Å². The third kappa shape index (κ3) is 2.08. The molecule has 0 amide bonds. The molecule has 82 valence electrons. The third-order valence-corrected chi connectivity index (χ3v) is 3.33. The Morgan fingerprint density at radius 3 is 2.80 bits per heavy atom. The molecule has 2 rings (SSSR count). The van der Waals surface area contributed by atoms with Crippen LogP contribution in [0.15, 0.2) is 18.3 Å². The lowest BCUT2D eigenvalue weighted by atomic mass is 9.95. The zero-order valence-electron chi connectivity index (χ0n) is 8.94. The lowest BCUT2D eigenvalue weighted by molar-refractivity contribution is 0.0443. The van der Waals surface area contributed by atoms with Crippen LogP contribution in [0.1, 0.15) is 13.8 Å². The molecule has 1 fully saturated rings. The maximum absolute atomic E-state index is 10.1. The highest BCUT2D eigenvalue weighted by atomic mass is 35.5. The van der Waals surface area contributed by atoms with Gasteiger partial charge < -0.3 is 10.0 Å². The summed E-state index contributed by atoms with van der Waals surface area (Å²) in [6, 6.07) is 3.71. The Balaban J connectivity index is 2.17. The van der Waals surface area contributed by atoms with Crippen molar-refractivity contribution in [3.05, 3.63) is 23.4 Å². The SMILES string of the molecule is C[C@@H]1CN(c2ccc(Cl)cn2)C[C@]1(C)O. The molecular formula is C11H15ClN2O. The fourth-order valence-electron chi connectivity index (χ4n) is 1.86. The van der Waals surface area contributed by atoms with E-state index in [9.17, 15) is 5.11 Å². The summed E-state index contributed by atoms with van der Waals surface area (Å²) >= 11 is 5.77. The molecule has 0 aliphatic carbocycles. The number of anilines is 1. The van der Waals surface area contributed by atoms with E-state index in [0.717, 1.165) is 12.4 Å². The standard InChI is InChI=1S/C11H15ClN2O/c1-8-6-14(7-11(8,2)15)10-4-3-9(12)5-13-10/h3-5,8,15H,6-7H2,1-2H3/t8-,11+/m1/s1. The first kappa shape index (κ1) is 10.7. The molecular weight excluding hydrogens is 212 g/mol. The van der Waals surface area contributed by atoms with Crippen LogP contribution in [0, 0.1) is 5.92 Å². The minimum Gasteiger partial charge on any atom is -0.388 e. The molecule has 2 heterocycles. The summed E-state index contributed by atoms with van der Waals surface area (Å²) < 4.78 is 0. The van der Waals surface area contributed by atoms with Crippen LogP contribution in [0.4, 0.5) is 5.82 Å². The number of pyridine rings is 1. The summed E-state index contributed by atoms with van der Waals surface area (Å²) in [5.41, 5.74) is -0.624. The fourth-order valence-corrected chi connectivity index (χ4v) is 1.98. The van der Waals surface area contributed by atoms with Gasteiger partial charge in [0, 0.05) is 25.2 Å². The van der Waals surface area contributed by atoms with Crippen LogP contribution >= 0.6 is 11.6 Å². The number of hydrogen-bond donors (Lipinski definition) is 1. The predicted octanol–water partition coefficient (Wildman–Crippen LogP) is 1.94. The second-order valence-corrected chi connectivity index (χ2v) is 4.91. The molecule has 0 unspecified atom stereocenters. The Labute approximate surface area is 94.7 Å². The molecule has 2 atom stereocenters. The molecule has 15 heavy (non-hydrogen) atoms. The average Bonchev–Trinajstić information content (AvgIpc) is 2.42. The number of rotatable bonds is 1. The summed E-state index contributed by atoms with van der Waals surface area (Å²) in [7, 11) is 0. The first-order valence-corrected chi connectivity index (χ1v) is 5.46. The van der Waals surface area contributed by atoms with Crippen molar-refractivity contribution in [1.29, 1.82) is 0 Å². The minimum atomic E-state index is -0.624. The van der Waals surface area contributed by atoms with E-state index >= 15 is 0 Å². The maximum atomic E-state index is 10.1. The van der Waals surface area contributed by atoms with E-state index in [1.807, 2.05) is 19.1 Å². The second-order valence-electron chi connectivity index (χ2n) is 4.47. The molecule has 4 heteroatoms. The van der Waals surface area contributed by atoms with Crippen molar-refractivity contribution in [3.8, 4) is 0 Å². The van der Waals surface area contributed by atoms with Crippen molar-refractivity contribution in [3.63, 3.8) is 0 Å². The second kappa shape index (κ2) is 3.65. The Hall–Kier alpha value is -0.800. The Morgan fingerprint density at radius 1 is 1.60 bits per heavy atom. The molecule has 0 aromatic carbocycles. The van der Waals surface area contributed by atoms with Crippen LogP contribution in [-0.2, 0) is 0 Å². The normalized spacial score (nSPS) is 30.9. The molecule has 0 saturated carbocycles. The molecule has 3 nitrogen and oxygen atoms in total. The Bertz CT molecular complexity index is 350. The number of halogens is 1. The molecule has 1 aromatic heterocycles. The van der Waals surface area contributed by atoms with Crippen molar-refractivity contribution >= 4 is 17.4 Å². The molecule has 1 aromatic rings. The van der Waals surface area contributed by atoms with Crippen LogP contribution in [0.25, 0.3) is 0 Å². The molecule has 0 radical (unpaired) electrons. The number of β-amino-alcohol motifs (C(OH)–C–C–N with tert-alkyl or cyclic N) is 1. The van der Waals surface area contributed by atoms with E-state index in [4.69, 9.17) is 11.6 Å². The van der Waals surface area contributed by atoms with E-state index in [-0.39, 0.29) is 5.92 Å². The number of aromatic nitrogens is 1. The van der Waals surface area contributed by atoms with Crippen molar-refractivity contribution in [2.45, 2.75) is 19.4 Å². The zero-order valence-corrected chi connectivity index (χ0v) is 9.70. The van der Waals surface area contributed by atoms with Gasteiger partial charge in [-0.3, -0.25) is 0 Å². The molecule has 0 bridgehead atoms. The topological polar surface area (TPSA) is 36.4 Å². The summed E-state index contributed by atoms with van der Waals surface area (Å²) in [6.07, 6.45) is 1.63. The Morgan fingerprint density at radius 2 is 2.33 bits per heavy atom. The summed E-state index contributed by atoms with van der Waals surface area (Å²) in [6.45, 7) is 5.38. The first-order valence-electron chi connectivity index (χ1n) is 5.08. The van der Waals surface area contributed by atoms with Crippen molar-refractivity contribution in [2.75, 3.05) is 18.0 Å². The molecule has 1 saturated heterocycles. The lowest BCUT2D eigenvalue weighted by Crippen LogP contribution is -2.33. The van der Waals surface area contributed by atoms with Crippen LogP contribution < -0.4 is 4.90 Å². The monoisotopic (exact) mass is 226 g/mol. The fraction of sp³-hybridized carbons (Fsp3) is 0.545. The smallest absolute Gasteiger partial charge is 0.128 e.